The SMILES string of the molecule is CCCCCCCCCCc1nc2c(-c3cccs3)sc(-c3cccs3)c2nc1CCCCCCCCCC. The molecule has 4 aromatic heterocycles. The molecule has 0 aliphatic heterocycles. The molecule has 0 amide bonds. The van der Waals surface area contributed by atoms with Crippen LogP contribution in [0.2, 0.25) is 0 Å². The van der Waals surface area contributed by atoms with E-state index in [-0.39, 0.29) is 0 Å². The molecule has 39 heavy (non-hydrogen) atoms. The van der Waals surface area contributed by atoms with Crippen LogP contribution in [0.25, 0.3) is 30.5 Å². The molecule has 4 heterocycles. The van der Waals surface area contributed by atoms with Crippen molar-refractivity contribution in [2.24, 2.45) is 0 Å². The van der Waals surface area contributed by atoms with Gasteiger partial charge in [0.05, 0.1) is 21.1 Å². The number of aromatic nitrogens is 2. The Kier molecular flexibility index (Phi) is 13.5. The Bertz CT molecular complexity index is 1100. The van der Waals surface area contributed by atoms with Gasteiger partial charge >= 0.3 is 0 Å². The highest BCUT2D eigenvalue weighted by molar-refractivity contribution is 7.27. The first-order valence-corrected chi connectivity index (χ1v) is 18.3. The maximum atomic E-state index is 5.43. The molecule has 5 heteroatoms. The van der Waals surface area contributed by atoms with Crippen molar-refractivity contribution in [1.82, 2.24) is 9.97 Å². The molecule has 0 aliphatic rings. The first-order valence-electron chi connectivity index (χ1n) is 15.7. The minimum Gasteiger partial charge on any atom is -0.248 e. The third-order valence-electron chi connectivity index (χ3n) is 7.71. The molecule has 0 aromatic carbocycles. The molecule has 4 aromatic rings. The molecule has 0 aliphatic carbocycles. The quantitative estimate of drug-likeness (QED) is 0.0971. The lowest BCUT2D eigenvalue weighted by Crippen LogP contribution is -2.03. The first kappa shape index (κ1) is 30.4. The molecule has 212 valence electrons. The maximum Gasteiger partial charge on any atom is 0.109 e. The fourth-order valence-electron chi connectivity index (χ4n) is 5.42. The second-order valence-corrected chi connectivity index (χ2v) is 13.9. The van der Waals surface area contributed by atoms with Crippen molar-refractivity contribution < 1.29 is 0 Å². The van der Waals surface area contributed by atoms with Gasteiger partial charge < -0.3 is 0 Å². The Balaban J connectivity index is 1.50. The highest BCUT2D eigenvalue weighted by Crippen LogP contribution is 2.45. The predicted octanol–water partition coefficient (Wildman–Crippen LogP) is 12.5. The van der Waals surface area contributed by atoms with Crippen molar-refractivity contribution in [3.8, 4) is 19.5 Å². The van der Waals surface area contributed by atoms with Crippen molar-refractivity contribution in [2.75, 3.05) is 0 Å². The summed E-state index contributed by atoms with van der Waals surface area (Å²) < 4.78 is 0. The van der Waals surface area contributed by atoms with E-state index in [2.05, 4.69) is 48.9 Å². The number of unbranched alkanes of at least 4 members (excludes halogenated alkanes) is 14. The van der Waals surface area contributed by atoms with Crippen molar-refractivity contribution >= 4 is 45.0 Å². The minimum absolute atomic E-state index is 1.07. The van der Waals surface area contributed by atoms with Gasteiger partial charge in [0.1, 0.15) is 11.0 Å². The minimum atomic E-state index is 1.07. The monoisotopic (exact) mass is 580 g/mol. The van der Waals surface area contributed by atoms with Crippen LogP contribution in [0, 0.1) is 0 Å². The zero-order valence-corrected chi connectivity index (χ0v) is 26.8. The highest BCUT2D eigenvalue weighted by Gasteiger charge is 2.21. The Labute approximate surface area is 249 Å². The van der Waals surface area contributed by atoms with Crippen LogP contribution < -0.4 is 0 Å². The van der Waals surface area contributed by atoms with Crippen LogP contribution in [0.3, 0.4) is 0 Å². The lowest BCUT2D eigenvalue weighted by molar-refractivity contribution is 0.567. The van der Waals surface area contributed by atoms with Crippen LogP contribution in [0.1, 0.15) is 128 Å². The van der Waals surface area contributed by atoms with E-state index in [0.29, 0.717) is 0 Å². The second-order valence-electron chi connectivity index (χ2n) is 11.0. The Hall–Kier alpha value is -1.56. The third kappa shape index (κ3) is 9.23. The predicted molar refractivity (Wildman–Crippen MR) is 177 cm³/mol. The molecule has 0 saturated heterocycles. The van der Waals surface area contributed by atoms with Gasteiger partial charge in [-0.05, 0) is 48.6 Å². The van der Waals surface area contributed by atoms with Gasteiger partial charge in [-0.25, -0.2) is 9.97 Å². The zero-order valence-electron chi connectivity index (χ0n) is 24.3. The maximum absolute atomic E-state index is 5.43. The Morgan fingerprint density at radius 1 is 0.513 bits per heavy atom. The summed E-state index contributed by atoms with van der Waals surface area (Å²) in [7, 11) is 0. The van der Waals surface area contributed by atoms with Gasteiger partial charge in [0.25, 0.3) is 0 Å². The van der Waals surface area contributed by atoms with Crippen LogP contribution in [-0.4, -0.2) is 9.97 Å². The standard InChI is InChI=1S/C34H48N2S3/c1-3-5-7-9-11-13-15-17-21-27-28(22-18-16-14-12-10-8-6-4-2)36-32-31(35-27)33(29-23-19-25-37-29)39-34(32)30-24-20-26-38-30/h19-20,23-26H,3-18,21-22H2,1-2H3. The molecule has 0 atom stereocenters. The van der Waals surface area contributed by atoms with E-state index >= 15 is 0 Å². The molecule has 0 fully saturated rings. The lowest BCUT2D eigenvalue weighted by atomic mass is 10.0. The van der Waals surface area contributed by atoms with E-state index in [4.69, 9.17) is 9.97 Å². The molecule has 0 saturated carbocycles. The van der Waals surface area contributed by atoms with Gasteiger partial charge in [-0.1, -0.05) is 116 Å². The topological polar surface area (TPSA) is 25.8 Å². The summed E-state index contributed by atoms with van der Waals surface area (Å²) in [5, 5.41) is 4.36. The summed E-state index contributed by atoms with van der Waals surface area (Å²) >= 11 is 5.52. The van der Waals surface area contributed by atoms with E-state index in [1.54, 1.807) is 0 Å². The number of nitrogens with zero attached hydrogens (tertiary/aromatic N) is 2. The summed E-state index contributed by atoms with van der Waals surface area (Å²) in [6.45, 7) is 4.59. The molecule has 0 bridgehead atoms. The summed E-state index contributed by atoms with van der Waals surface area (Å²) in [6.07, 6.45) is 23.7. The average Bonchev–Trinajstić information content (AvgIpc) is 3.73. The first-order chi connectivity index (χ1) is 19.3. The van der Waals surface area contributed by atoms with Crippen molar-refractivity contribution in [2.45, 2.75) is 129 Å². The van der Waals surface area contributed by atoms with Gasteiger partial charge in [-0.2, -0.15) is 0 Å². The van der Waals surface area contributed by atoms with Crippen molar-refractivity contribution in [3.63, 3.8) is 0 Å². The molecule has 0 unspecified atom stereocenters. The largest absolute Gasteiger partial charge is 0.248 e. The van der Waals surface area contributed by atoms with Crippen LogP contribution >= 0.6 is 34.0 Å². The molecular weight excluding hydrogens is 533 g/mol. The fourth-order valence-corrected chi connectivity index (χ4v) is 8.31. The van der Waals surface area contributed by atoms with E-state index < -0.39 is 0 Å². The normalized spacial score (nSPS) is 11.6. The number of aryl methyl sites for hydroxylation is 2. The van der Waals surface area contributed by atoms with Crippen LogP contribution in [0.4, 0.5) is 0 Å². The Morgan fingerprint density at radius 3 is 1.26 bits per heavy atom. The van der Waals surface area contributed by atoms with E-state index in [0.717, 1.165) is 23.9 Å². The number of rotatable bonds is 20. The lowest BCUT2D eigenvalue weighted by Gasteiger charge is -2.10. The molecule has 0 spiro atoms. The van der Waals surface area contributed by atoms with Crippen molar-refractivity contribution in [1.29, 1.82) is 0 Å². The molecule has 0 N–H and O–H groups in total. The van der Waals surface area contributed by atoms with Gasteiger partial charge in [0, 0.05) is 9.75 Å². The summed E-state index contributed by atoms with van der Waals surface area (Å²) in [5.41, 5.74) is 4.79. The number of thiophene rings is 3. The number of fused-ring (bicyclic) bond motifs is 1. The van der Waals surface area contributed by atoms with Crippen molar-refractivity contribution in [3.05, 3.63) is 46.4 Å². The smallest absolute Gasteiger partial charge is 0.109 e. The van der Waals surface area contributed by atoms with E-state index in [9.17, 15) is 0 Å². The highest BCUT2D eigenvalue weighted by atomic mass is 32.1. The van der Waals surface area contributed by atoms with Crippen LogP contribution in [-0.2, 0) is 12.8 Å². The summed E-state index contributed by atoms with van der Waals surface area (Å²) in [4.78, 5) is 16.1. The molecule has 0 radical (unpaired) electrons. The van der Waals surface area contributed by atoms with E-state index in [1.165, 1.54) is 134 Å². The van der Waals surface area contributed by atoms with Gasteiger partial charge in [-0.3, -0.25) is 0 Å². The molecule has 4 rings (SSSR count). The number of hydrogen-bond acceptors (Lipinski definition) is 5. The van der Waals surface area contributed by atoms with Gasteiger partial charge in [-0.15, -0.1) is 34.0 Å². The van der Waals surface area contributed by atoms with Gasteiger partial charge in [0.2, 0.25) is 0 Å². The molecular formula is C34H48N2S3. The van der Waals surface area contributed by atoms with Gasteiger partial charge in [0.15, 0.2) is 0 Å². The summed E-state index contributed by atoms with van der Waals surface area (Å²) in [6, 6.07) is 8.79. The van der Waals surface area contributed by atoms with E-state index in [1.807, 2.05) is 34.0 Å². The van der Waals surface area contributed by atoms with Crippen LogP contribution in [0.15, 0.2) is 35.0 Å². The molecule has 2 nitrogen and oxygen atoms in total. The third-order valence-corrected chi connectivity index (χ3v) is 11.0. The number of hydrogen-bond donors (Lipinski definition) is 0. The summed E-state index contributed by atoms with van der Waals surface area (Å²) in [5.74, 6) is 0. The Morgan fingerprint density at radius 2 is 0.897 bits per heavy atom. The zero-order chi connectivity index (χ0) is 27.1. The second kappa shape index (κ2) is 17.3. The average molecular weight is 581 g/mol. The fraction of sp³-hybridized carbons (Fsp3) is 0.588. The van der Waals surface area contributed by atoms with Crippen LogP contribution in [0.5, 0.6) is 0 Å².